The minimum absolute atomic E-state index is 0.00454. The van der Waals surface area contributed by atoms with Gasteiger partial charge in [0.25, 0.3) is 0 Å². The van der Waals surface area contributed by atoms with Crippen molar-refractivity contribution in [3.8, 4) is 0 Å². The van der Waals surface area contributed by atoms with E-state index in [9.17, 15) is 15.0 Å². The molecule has 0 radical (unpaired) electrons. The van der Waals surface area contributed by atoms with E-state index < -0.39 is 5.60 Å². The van der Waals surface area contributed by atoms with Crippen LogP contribution in [0.1, 0.15) is 71.6 Å². The highest BCUT2D eigenvalue weighted by Gasteiger charge is 2.66. The van der Waals surface area contributed by atoms with Crippen LogP contribution in [0, 0.1) is 28.6 Å². The minimum atomic E-state index is -0.620. The Balaban J connectivity index is 1.71. The maximum Gasteiger partial charge on any atom is 0.133 e. The lowest BCUT2D eigenvalue weighted by atomic mass is 9.43. The molecule has 4 fully saturated rings. The van der Waals surface area contributed by atoms with Crippen LogP contribution in [0.5, 0.6) is 0 Å². The van der Waals surface area contributed by atoms with Crippen molar-refractivity contribution < 1.29 is 15.0 Å². The number of Topliss-reactive ketones (excluding diaryl/α,β-unsaturated/α-hetero) is 1. The van der Waals surface area contributed by atoms with Crippen molar-refractivity contribution >= 4 is 5.78 Å². The third-order valence-corrected chi connectivity index (χ3v) is 8.62. The van der Waals surface area contributed by atoms with Gasteiger partial charge in [0, 0.05) is 18.3 Å². The average Bonchev–Trinajstić information content (AvgIpc) is 2.77. The first kappa shape index (κ1) is 15.1. The Labute approximate surface area is 133 Å². The first-order valence-electron chi connectivity index (χ1n) is 9.23. The second-order valence-corrected chi connectivity index (χ2v) is 9.17. The molecule has 0 saturated heterocycles. The van der Waals surface area contributed by atoms with Gasteiger partial charge in [0.1, 0.15) is 5.78 Å². The van der Waals surface area contributed by atoms with E-state index in [4.69, 9.17) is 0 Å². The Kier molecular flexibility index (Phi) is 3.14. The fraction of sp³-hybridized carbons (Fsp3) is 0.947. The van der Waals surface area contributed by atoms with Gasteiger partial charge in [-0.15, -0.1) is 0 Å². The zero-order valence-electron chi connectivity index (χ0n) is 14.0. The molecule has 0 aromatic rings. The normalized spacial score (nSPS) is 57.9. The van der Waals surface area contributed by atoms with Crippen molar-refractivity contribution in [1.82, 2.24) is 0 Å². The van der Waals surface area contributed by atoms with Gasteiger partial charge in [-0.2, -0.15) is 0 Å². The summed E-state index contributed by atoms with van der Waals surface area (Å²) < 4.78 is 0. The zero-order chi connectivity index (χ0) is 15.8. The van der Waals surface area contributed by atoms with Crippen LogP contribution in [0.25, 0.3) is 0 Å². The van der Waals surface area contributed by atoms with E-state index in [1.165, 1.54) is 0 Å². The lowest BCUT2D eigenvalue weighted by Gasteiger charge is -2.64. The fourth-order valence-electron chi connectivity index (χ4n) is 6.96. The smallest absolute Gasteiger partial charge is 0.133 e. The van der Waals surface area contributed by atoms with E-state index in [0.29, 0.717) is 36.4 Å². The van der Waals surface area contributed by atoms with Gasteiger partial charge in [0.05, 0.1) is 11.7 Å². The van der Waals surface area contributed by atoms with E-state index in [2.05, 4.69) is 13.8 Å². The van der Waals surface area contributed by atoms with E-state index in [1.807, 2.05) is 0 Å². The van der Waals surface area contributed by atoms with Gasteiger partial charge in [-0.3, -0.25) is 4.79 Å². The fourth-order valence-corrected chi connectivity index (χ4v) is 6.96. The lowest BCUT2D eigenvalue weighted by Crippen LogP contribution is -2.65. The summed E-state index contributed by atoms with van der Waals surface area (Å²) in [5.74, 6) is 1.53. The Morgan fingerprint density at radius 3 is 2.50 bits per heavy atom. The van der Waals surface area contributed by atoms with E-state index in [1.54, 1.807) is 0 Å². The average molecular weight is 306 g/mol. The number of rotatable bonds is 0. The number of aliphatic hydroxyl groups excluding tert-OH is 1. The van der Waals surface area contributed by atoms with Crippen molar-refractivity contribution in [2.75, 3.05) is 0 Å². The molecule has 0 amide bonds. The molecular weight excluding hydrogens is 276 g/mol. The molecule has 7 atom stereocenters. The molecule has 0 heterocycles. The van der Waals surface area contributed by atoms with Crippen molar-refractivity contribution in [1.29, 1.82) is 0 Å². The van der Waals surface area contributed by atoms with Gasteiger partial charge < -0.3 is 10.2 Å². The van der Waals surface area contributed by atoms with Crippen molar-refractivity contribution in [2.24, 2.45) is 28.6 Å². The molecule has 4 aliphatic rings. The highest BCUT2D eigenvalue weighted by atomic mass is 16.3. The first-order valence-corrected chi connectivity index (χ1v) is 9.23. The second-order valence-electron chi connectivity index (χ2n) is 9.17. The predicted molar refractivity (Wildman–Crippen MR) is 84.2 cm³/mol. The highest BCUT2D eigenvalue weighted by Crippen LogP contribution is 2.67. The molecule has 0 spiro atoms. The molecule has 4 aliphatic carbocycles. The number of aliphatic hydroxyl groups is 2. The van der Waals surface area contributed by atoms with E-state index in [0.717, 1.165) is 44.9 Å². The van der Waals surface area contributed by atoms with E-state index >= 15 is 0 Å². The predicted octanol–water partition coefficient (Wildman–Crippen LogP) is 3.07. The van der Waals surface area contributed by atoms with Gasteiger partial charge in [-0.25, -0.2) is 0 Å². The Morgan fingerprint density at radius 2 is 1.73 bits per heavy atom. The molecule has 4 rings (SSSR count). The molecule has 3 heteroatoms. The summed E-state index contributed by atoms with van der Waals surface area (Å²) in [7, 11) is 0. The number of carbonyl (C=O) groups is 1. The van der Waals surface area contributed by atoms with Crippen LogP contribution < -0.4 is 0 Å². The molecule has 0 bridgehead atoms. The standard InChI is InChI=1S/C19H30O3/c1-17-9-10-19(22)15(14(17)5-6-16(17)21)4-3-12-11-13(20)7-8-18(12,19)2/h12,14-16,21-22H,3-11H2,1-2H3/t12-,14-,15+,16+,17-,18-,19+/m0/s1. The molecule has 0 aromatic heterocycles. The molecule has 0 unspecified atom stereocenters. The van der Waals surface area contributed by atoms with Gasteiger partial charge in [-0.1, -0.05) is 13.8 Å². The molecule has 124 valence electrons. The van der Waals surface area contributed by atoms with Crippen LogP contribution >= 0.6 is 0 Å². The molecule has 0 aliphatic heterocycles. The van der Waals surface area contributed by atoms with Crippen molar-refractivity contribution in [3.63, 3.8) is 0 Å². The maximum absolute atomic E-state index is 11.9. The molecule has 2 N–H and O–H groups in total. The lowest BCUT2D eigenvalue weighted by molar-refractivity contribution is -0.235. The number of hydrogen-bond acceptors (Lipinski definition) is 3. The van der Waals surface area contributed by atoms with Gasteiger partial charge >= 0.3 is 0 Å². The van der Waals surface area contributed by atoms with Gasteiger partial charge in [0.2, 0.25) is 0 Å². The molecule has 22 heavy (non-hydrogen) atoms. The Bertz CT molecular complexity index is 503. The molecule has 3 nitrogen and oxygen atoms in total. The first-order chi connectivity index (χ1) is 10.3. The largest absolute Gasteiger partial charge is 0.393 e. The van der Waals surface area contributed by atoms with Crippen LogP contribution in [0.4, 0.5) is 0 Å². The van der Waals surface area contributed by atoms with Crippen LogP contribution in [-0.2, 0) is 4.79 Å². The van der Waals surface area contributed by atoms with Gasteiger partial charge in [0.15, 0.2) is 0 Å². The summed E-state index contributed by atoms with van der Waals surface area (Å²) in [5, 5.41) is 22.2. The van der Waals surface area contributed by atoms with Crippen molar-refractivity contribution in [3.05, 3.63) is 0 Å². The van der Waals surface area contributed by atoms with Crippen LogP contribution in [0.3, 0.4) is 0 Å². The minimum Gasteiger partial charge on any atom is -0.393 e. The molecule has 4 saturated carbocycles. The third-order valence-electron chi connectivity index (χ3n) is 8.62. The molecular formula is C19H30O3. The topological polar surface area (TPSA) is 57.5 Å². The van der Waals surface area contributed by atoms with Crippen LogP contribution in [-0.4, -0.2) is 27.7 Å². The number of carbonyl (C=O) groups excluding carboxylic acids is 1. The summed E-state index contributed by atoms with van der Waals surface area (Å²) >= 11 is 0. The Morgan fingerprint density at radius 1 is 1.00 bits per heavy atom. The number of fused-ring (bicyclic) bond motifs is 5. The summed E-state index contributed by atoms with van der Waals surface area (Å²) in [6.45, 7) is 4.50. The Hall–Kier alpha value is -0.410. The summed E-state index contributed by atoms with van der Waals surface area (Å²) in [6.07, 6.45) is 7.80. The SMILES string of the molecule is C[C@]12CC[C@@]3(O)[C@H](CC[C@H]4CC(=O)CC[C@@]43C)[C@@H]1CC[C@H]2O. The van der Waals surface area contributed by atoms with E-state index in [-0.39, 0.29) is 16.9 Å². The monoisotopic (exact) mass is 306 g/mol. The van der Waals surface area contributed by atoms with Crippen molar-refractivity contribution in [2.45, 2.75) is 83.3 Å². The maximum atomic E-state index is 11.9. The summed E-state index contributed by atoms with van der Waals surface area (Å²) in [5.41, 5.74) is -0.714. The van der Waals surface area contributed by atoms with Crippen LogP contribution in [0.15, 0.2) is 0 Å². The highest BCUT2D eigenvalue weighted by molar-refractivity contribution is 5.79. The second kappa shape index (κ2) is 4.57. The molecule has 0 aromatic carbocycles. The zero-order valence-corrected chi connectivity index (χ0v) is 14.0. The number of hydrogen-bond donors (Lipinski definition) is 2. The third kappa shape index (κ3) is 1.67. The van der Waals surface area contributed by atoms with Gasteiger partial charge in [-0.05, 0) is 68.1 Å². The number of ketones is 1. The summed E-state index contributed by atoms with van der Waals surface area (Å²) in [4.78, 5) is 11.9. The van der Waals surface area contributed by atoms with Crippen LogP contribution in [0.2, 0.25) is 0 Å². The summed E-state index contributed by atoms with van der Waals surface area (Å²) in [6, 6.07) is 0. The quantitative estimate of drug-likeness (QED) is 0.723.